The summed E-state index contributed by atoms with van der Waals surface area (Å²) in [5, 5.41) is 9.57. The van der Waals surface area contributed by atoms with Crippen LogP contribution in [0.25, 0.3) is 0 Å². The number of hydrogen-bond acceptors (Lipinski definition) is 4. The highest BCUT2D eigenvalue weighted by molar-refractivity contribution is 5.93. The SMILES string of the molecule is C/C=C/C1=C(O)C=C2C(=O)O[C@@H](C)[C@H]2O1. The molecule has 0 bridgehead atoms. The molecule has 2 heterocycles. The molecule has 2 atom stereocenters. The zero-order valence-corrected chi connectivity index (χ0v) is 8.56. The highest BCUT2D eigenvalue weighted by atomic mass is 16.6. The van der Waals surface area contributed by atoms with Gasteiger partial charge < -0.3 is 14.6 Å². The first-order chi connectivity index (χ1) is 7.13. The lowest BCUT2D eigenvalue weighted by atomic mass is 10.1. The third kappa shape index (κ3) is 1.52. The zero-order chi connectivity index (χ0) is 11.0. The lowest BCUT2D eigenvalue weighted by molar-refractivity contribution is -0.138. The average molecular weight is 208 g/mol. The minimum absolute atomic E-state index is 0.0367. The maximum absolute atomic E-state index is 11.3. The highest BCUT2D eigenvalue weighted by Gasteiger charge is 2.41. The fraction of sp³-hybridized carbons (Fsp3) is 0.364. The molecule has 0 saturated carbocycles. The van der Waals surface area contributed by atoms with Crippen LogP contribution in [-0.2, 0) is 14.3 Å². The van der Waals surface area contributed by atoms with Crippen LogP contribution in [0, 0.1) is 0 Å². The normalized spacial score (nSPS) is 30.0. The molecule has 1 N–H and O–H groups in total. The van der Waals surface area contributed by atoms with Crippen LogP contribution in [0.3, 0.4) is 0 Å². The Morgan fingerprint density at radius 1 is 1.47 bits per heavy atom. The van der Waals surface area contributed by atoms with E-state index in [-0.39, 0.29) is 11.9 Å². The van der Waals surface area contributed by atoms with Crippen LogP contribution in [-0.4, -0.2) is 23.3 Å². The van der Waals surface area contributed by atoms with Crippen molar-refractivity contribution in [1.82, 2.24) is 0 Å². The summed E-state index contributed by atoms with van der Waals surface area (Å²) in [4.78, 5) is 11.3. The van der Waals surface area contributed by atoms with E-state index >= 15 is 0 Å². The van der Waals surface area contributed by atoms with Crippen molar-refractivity contribution in [2.75, 3.05) is 0 Å². The number of aliphatic hydroxyl groups excluding tert-OH is 1. The molecule has 0 spiro atoms. The van der Waals surface area contributed by atoms with E-state index in [1.165, 1.54) is 6.08 Å². The van der Waals surface area contributed by atoms with Crippen molar-refractivity contribution in [1.29, 1.82) is 0 Å². The van der Waals surface area contributed by atoms with Gasteiger partial charge in [-0.05, 0) is 26.0 Å². The van der Waals surface area contributed by atoms with Gasteiger partial charge in [0.1, 0.15) is 6.10 Å². The first-order valence-corrected chi connectivity index (χ1v) is 4.78. The summed E-state index contributed by atoms with van der Waals surface area (Å²) in [5.74, 6) is -0.0830. The van der Waals surface area contributed by atoms with Crippen molar-refractivity contribution >= 4 is 5.97 Å². The van der Waals surface area contributed by atoms with Crippen molar-refractivity contribution in [3.63, 3.8) is 0 Å². The molecule has 2 aliphatic rings. The van der Waals surface area contributed by atoms with E-state index in [0.29, 0.717) is 11.3 Å². The highest BCUT2D eigenvalue weighted by Crippen LogP contribution is 2.31. The summed E-state index contributed by atoms with van der Waals surface area (Å²) >= 11 is 0. The third-order valence-electron chi connectivity index (χ3n) is 2.38. The Morgan fingerprint density at radius 3 is 2.87 bits per heavy atom. The summed E-state index contributed by atoms with van der Waals surface area (Å²) in [6, 6.07) is 0. The Kier molecular flexibility index (Phi) is 2.26. The molecule has 0 aromatic carbocycles. The summed E-state index contributed by atoms with van der Waals surface area (Å²) in [5.41, 5.74) is 0.383. The molecule has 1 fully saturated rings. The largest absolute Gasteiger partial charge is 0.504 e. The number of allylic oxidation sites excluding steroid dienone is 3. The fourth-order valence-corrected chi connectivity index (χ4v) is 1.66. The minimum atomic E-state index is -0.418. The molecule has 0 amide bonds. The van der Waals surface area contributed by atoms with E-state index in [4.69, 9.17) is 9.47 Å². The Morgan fingerprint density at radius 2 is 2.20 bits per heavy atom. The first kappa shape index (κ1) is 9.83. The molecule has 0 aromatic heterocycles. The molecular weight excluding hydrogens is 196 g/mol. The predicted octanol–water partition coefficient (Wildman–Crippen LogP) is 1.60. The molecule has 4 nitrogen and oxygen atoms in total. The Bertz CT molecular complexity index is 389. The molecule has 2 aliphatic heterocycles. The van der Waals surface area contributed by atoms with Crippen LogP contribution in [0.15, 0.2) is 35.3 Å². The van der Waals surface area contributed by atoms with Gasteiger partial charge in [0.2, 0.25) is 0 Å². The quantitative estimate of drug-likeness (QED) is 0.665. The second-order valence-corrected chi connectivity index (χ2v) is 3.50. The van der Waals surface area contributed by atoms with Crippen LogP contribution in [0.1, 0.15) is 13.8 Å². The molecule has 4 heteroatoms. The lowest BCUT2D eigenvalue weighted by Crippen LogP contribution is -2.25. The van der Waals surface area contributed by atoms with Gasteiger partial charge in [-0.2, -0.15) is 0 Å². The van der Waals surface area contributed by atoms with E-state index in [2.05, 4.69) is 0 Å². The molecular formula is C11H12O4. The standard InChI is InChI=1S/C11H12O4/c1-3-4-9-8(12)5-7-10(15-9)6(2)14-11(7)13/h3-6,10,12H,1-2H3/b4-3+/t6-,10+/m0/s1. The second-order valence-electron chi connectivity index (χ2n) is 3.50. The average Bonchev–Trinajstić information content (AvgIpc) is 2.44. The summed E-state index contributed by atoms with van der Waals surface area (Å²) in [6.07, 6.45) is 4.11. The number of ether oxygens (including phenoxy) is 2. The maximum atomic E-state index is 11.3. The lowest BCUT2D eigenvalue weighted by Gasteiger charge is -2.20. The molecule has 15 heavy (non-hydrogen) atoms. The maximum Gasteiger partial charge on any atom is 0.338 e. The molecule has 0 unspecified atom stereocenters. The minimum Gasteiger partial charge on any atom is -0.504 e. The van der Waals surface area contributed by atoms with Gasteiger partial charge in [0.25, 0.3) is 0 Å². The molecule has 0 aromatic rings. The van der Waals surface area contributed by atoms with E-state index < -0.39 is 12.1 Å². The van der Waals surface area contributed by atoms with Gasteiger partial charge in [-0.15, -0.1) is 0 Å². The summed E-state index contributed by atoms with van der Waals surface area (Å²) in [6.45, 7) is 3.58. The Balaban J connectivity index is 2.37. The molecule has 80 valence electrons. The third-order valence-corrected chi connectivity index (χ3v) is 2.38. The summed E-state index contributed by atoms with van der Waals surface area (Å²) < 4.78 is 10.5. The zero-order valence-electron chi connectivity index (χ0n) is 8.56. The van der Waals surface area contributed by atoms with Crippen LogP contribution < -0.4 is 0 Å². The van der Waals surface area contributed by atoms with Gasteiger partial charge >= 0.3 is 5.97 Å². The van der Waals surface area contributed by atoms with Gasteiger partial charge in [0.05, 0.1) is 5.57 Å². The number of hydrogen-bond donors (Lipinski definition) is 1. The smallest absolute Gasteiger partial charge is 0.338 e. The number of fused-ring (bicyclic) bond motifs is 1. The monoisotopic (exact) mass is 208 g/mol. The van der Waals surface area contributed by atoms with Crippen LogP contribution >= 0.6 is 0 Å². The van der Waals surface area contributed by atoms with Crippen molar-refractivity contribution < 1.29 is 19.4 Å². The number of rotatable bonds is 1. The Hall–Kier alpha value is -1.71. The molecule has 0 radical (unpaired) electrons. The number of carbonyl (C=O) groups excluding carboxylic acids is 1. The van der Waals surface area contributed by atoms with Crippen molar-refractivity contribution in [2.24, 2.45) is 0 Å². The van der Waals surface area contributed by atoms with Crippen LogP contribution in [0.2, 0.25) is 0 Å². The van der Waals surface area contributed by atoms with Gasteiger partial charge in [-0.25, -0.2) is 4.79 Å². The van der Waals surface area contributed by atoms with E-state index in [1.54, 1.807) is 19.1 Å². The van der Waals surface area contributed by atoms with Crippen LogP contribution in [0.5, 0.6) is 0 Å². The molecule has 2 rings (SSSR count). The first-order valence-electron chi connectivity index (χ1n) is 4.78. The van der Waals surface area contributed by atoms with Gasteiger partial charge in [-0.3, -0.25) is 0 Å². The number of carbonyl (C=O) groups is 1. The molecule has 1 saturated heterocycles. The van der Waals surface area contributed by atoms with E-state index in [0.717, 1.165) is 0 Å². The topological polar surface area (TPSA) is 55.8 Å². The van der Waals surface area contributed by atoms with Crippen molar-refractivity contribution in [3.8, 4) is 0 Å². The van der Waals surface area contributed by atoms with Gasteiger partial charge in [0.15, 0.2) is 17.6 Å². The number of aliphatic hydroxyl groups is 1. The van der Waals surface area contributed by atoms with Gasteiger partial charge in [-0.1, -0.05) is 6.08 Å². The van der Waals surface area contributed by atoms with E-state index in [1.807, 2.05) is 6.92 Å². The predicted molar refractivity (Wildman–Crippen MR) is 53.0 cm³/mol. The van der Waals surface area contributed by atoms with Crippen LogP contribution in [0.4, 0.5) is 0 Å². The fourth-order valence-electron chi connectivity index (χ4n) is 1.66. The number of esters is 1. The summed E-state index contributed by atoms with van der Waals surface area (Å²) in [7, 11) is 0. The van der Waals surface area contributed by atoms with Gasteiger partial charge in [0, 0.05) is 0 Å². The van der Waals surface area contributed by atoms with Crippen molar-refractivity contribution in [3.05, 3.63) is 35.3 Å². The van der Waals surface area contributed by atoms with E-state index in [9.17, 15) is 9.90 Å². The molecule has 0 aliphatic carbocycles. The van der Waals surface area contributed by atoms with Crippen molar-refractivity contribution in [2.45, 2.75) is 26.1 Å². The number of cyclic esters (lactones) is 1. The Labute approximate surface area is 87.5 Å². The second kappa shape index (κ2) is 3.46.